The molecule has 1 aliphatic carbocycles. The van der Waals surface area contributed by atoms with Gasteiger partial charge in [0.15, 0.2) is 0 Å². The zero-order chi connectivity index (χ0) is 14.2. The summed E-state index contributed by atoms with van der Waals surface area (Å²) in [4.78, 5) is 0. The zero-order valence-electron chi connectivity index (χ0n) is 12.3. The maximum Gasteiger partial charge on any atom is -0.00700 e. The highest BCUT2D eigenvalue weighted by molar-refractivity contribution is 5.98. The van der Waals surface area contributed by atoms with Gasteiger partial charge in [0.25, 0.3) is 0 Å². The lowest BCUT2D eigenvalue weighted by Gasteiger charge is -2.13. The molecular weight excluding hydrogens is 252 g/mol. The fraction of sp³-hybridized carbons (Fsp3) is 0.143. The van der Waals surface area contributed by atoms with Crippen LogP contribution < -0.4 is 10.4 Å². The van der Waals surface area contributed by atoms with Crippen molar-refractivity contribution >= 4 is 22.9 Å². The summed E-state index contributed by atoms with van der Waals surface area (Å²) in [6.07, 6.45) is 7.06. The molecule has 0 N–H and O–H groups in total. The van der Waals surface area contributed by atoms with Gasteiger partial charge < -0.3 is 0 Å². The average molecular weight is 270 g/mol. The third-order valence-corrected chi connectivity index (χ3v) is 4.43. The molecule has 0 amide bonds. The molecule has 1 aliphatic rings. The highest BCUT2D eigenvalue weighted by atomic mass is 14.1. The van der Waals surface area contributed by atoms with Gasteiger partial charge in [0.2, 0.25) is 0 Å². The topological polar surface area (TPSA) is 0 Å². The molecule has 0 unspecified atom stereocenters. The van der Waals surface area contributed by atoms with Crippen molar-refractivity contribution in [2.45, 2.75) is 19.8 Å². The lowest BCUT2D eigenvalue weighted by Crippen LogP contribution is -2.28. The molecule has 0 nitrogen and oxygen atoms in total. The Morgan fingerprint density at radius 1 is 0.762 bits per heavy atom. The smallest absolute Gasteiger partial charge is 0.00700 e. The predicted molar refractivity (Wildman–Crippen MR) is 91.5 cm³/mol. The van der Waals surface area contributed by atoms with Gasteiger partial charge in [-0.2, -0.15) is 0 Å². The van der Waals surface area contributed by atoms with Crippen LogP contribution in [0.4, 0.5) is 0 Å². The van der Waals surface area contributed by atoms with E-state index in [1.54, 1.807) is 0 Å². The molecule has 0 saturated carbocycles. The minimum absolute atomic E-state index is 1.15. The van der Waals surface area contributed by atoms with E-state index in [4.69, 9.17) is 0 Å². The number of aryl methyl sites for hydroxylation is 1. The van der Waals surface area contributed by atoms with Crippen LogP contribution in [0.25, 0.3) is 34.1 Å². The van der Waals surface area contributed by atoms with Crippen LogP contribution in [0.3, 0.4) is 0 Å². The summed E-state index contributed by atoms with van der Waals surface area (Å²) in [5.41, 5.74) is 4.11. The van der Waals surface area contributed by atoms with Gasteiger partial charge in [0.1, 0.15) is 0 Å². The number of benzene rings is 3. The van der Waals surface area contributed by atoms with Gasteiger partial charge in [0.05, 0.1) is 0 Å². The molecule has 0 aromatic heterocycles. The fourth-order valence-electron chi connectivity index (χ4n) is 3.41. The van der Waals surface area contributed by atoms with Crippen molar-refractivity contribution in [3.05, 3.63) is 70.6 Å². The Bertz CT molecular complexity index is 945. The molecule has 0 aliphatic heterocycles. The average Bonchev–Trinajstić information content (AvgIpc) is 2.54. The molecule has 0 saturated heterocycles. The van der Waals surface area contributed by atoms with Crippen LogP contribution in [0.1, 0.15) is 18.4 Å². The summed E-state index contributed by atoms with van der Waals surface area (Å²) < 4.78 is 0. The first-order valence-corrected chi connectivity index (χ1v) is 7.63. The van der Waals surface area contributed by atoms with Gasteiger partial charge in [-0.15, -0.1) is 0 Å². The summed E-state index contributed by atoms with van der Waals surface area (Å²) in [5.74, 6) is 0. The minimum atomic E-state index is 1.15. The largest absolute Gasteiger partial charge is 0.0763 e. The highest BCUT2D eigenvalue weighted by Crippen LogP contribution is 2.29. The summed E-state index contributed by atoms with van der Waals surface area (Å²) in [7, 11) is 0. The van der Waals surface area contributed by atoms with Crippen LogP contribution in [0.15, 0.2) is 54.6 Å². The van der Waals surface area contributed by atoms with Crippen LogP contribution in [0, 0.1) is 6.92 Å². The van der Waals surface area contributed by atoms with Gasteiger partial charge in [0, 0.05) is 0 Å². The van der Waals surface area contributed by atoms with Gasteiger partial charge in [-0.05, 0) is 57.7 Å². The van der Waals surface area contributed by atoms with E-state index in [9.17, 15) is 0 Å². The standard InChI is InChI=1S/C21H18/c1-15-13-14-17-8-3-5-11-19(17)21(15)20-12-6-9-16-7-2-4-10-18(16)20/h3,5-14H,2,4H2,1H3. The third kappa shape index (κ3) is 1.99. The van der Waals surface area contributed by atoms with Crippen molar-refractivity contribution in [3.63, 3.8) is 0 Å². The second-order valence-corrected chi connectivity index (χ2v) is 5.77. The number of hydrogen-bond acceptors (Lipinski definition) is 0. The van der Waals surface area contributed by atoms with E-state index < -0.39 is 0 Å². The SMILES string of the molecule is Cc1ccc2ccccc2c1-c1cccc2c1=CCCC=2. The van der Waals surface area contributed by atoms with Crippen molar-refractivity contribution in [2.75, 3.05) is 0 Å². The van der Waals surface area contributed by atoms with Crippen molar-refractivity contribution in [2.24, 2.45) is 0 Å². The zero-order valence-corrected chi connectivity index (χ0v) is 12.3. The number of hydrogen-bond donors (Lipinski definition) is 0. The Morgan fingerprint density at radius 3 is 2.57 bits per heavy atom. The molecule has 0 atom stereocenters. The van der Waals surface area contributed by atoms with E-state index >= 15 is 0 Å². The Hall–Kier alpha value is -2.34. The summed E-state index contributed by atoms with van der Waals surface area (Å²) in [6, 6.07) is 19.8. The van der Waals surface area contributed by atoms with Crippen LogP contribution in [0.2, 0.25) is 0 Å². The fourth-order valence-corrected chi connectivity index (χ4v) is 3.41. The summed E-state index contributed by atoms with van der Waals surface area (Å²) in [6.45, 7) is 2.22. The molecule has 4 rings (SSSR count). The number of fused-ring (bicyclic) bond motifs is 2. The van der Waals surface area contributed by atoms with Gasteiger partial charge >= 0.3 is 0 Å². The molecule has 0 heterocycles. The first kappa shape index (κ1) is 12.4. The van der Waals surface area contributed by atoms with Crippen molar-refractivity contribution in [1.29, 1.82) is 0 Å². The van der Waals surface area contributed by atoms with Crippen LogP contribution in [-0.2, 0) is 0 Å². The van der Waals surface area contributed by atoms with E-state index in [-0.39, 0.29) is 0 Å². The van der Waals surface area contributed by atoms with Crippen molar-refractivity contribution in [1.82, 2.24) is 0 Å². The van der Waals surface area contributed by atoms with E-state index in [1.807, 2.05) is 0 Å². The molecule has 0 radical (unpaired) electrons. The summed E-state index contributed by atoms with van der Waals surface area (Å²) in [5, 5.41) is 5.45. The lowest BCUT2D eigenvalue weighted by molar-refractivity contribution is 1.12. The predicted octanol–water partition coefficient (Wildman–Crippen LogP) is 4.17. The molecule has 21 heavy (non-hydrogen) atoms. The van der Waals surface area contributed by atoms with Crippen LogP contribution >= 0.6 is 0 Å². The summed E-state index contributed by atoms with van der Waals surface area (Å²) >= 11 is 0. The second kappa shape index (κ2) is 4.89. The quantitative estimate of drug-likeness (QED) is 0.622. The Balaban J connectivity index is 2.16. The van der Waals surface area contributed by atoms with E-state index in [2.05, 4.69) is 73.7 Å². The maximum absolute atomic E-state index is 2.39. The van der Waals surface area contributed by atoms with Gasteiger partial charge in [-0.3, -0.25) is 0 Å². The van der Waals surface area contributed by atoms with Crippen molar-refractivity contribution < 1.29 is 0 Å². The van der Waals surface area contributed by atoms with E-state index in [0.29, 0.717) is 0 Å². The third-order valence-electron chi connectivity index (χ3n) is 4.43. The highest BCUT2D eigenvalue weighted by Gasteiger charge is 2.09. The molecule has 0 heteroatoms. The van der Waals surface area contributed by atoms with Gasteiger partial charge in [-0.25, -0.2) is 0 Å². The van der Waals surface area contributed by atoms with Crippen LogP contribution in [-0.4, -0.2) is 0 Å². The Labute approximate surface area is 125 Å². The normalized spacial score (nSPS) is 13.4. The molecule has 0 fully saturated rings. The Morgan fingerprint density at radius 2 is 1.62 bits per heavy atom. The lowest BCUT2D eigenvalue weighted by atomic mass is 9.91. The molecule has 3 aromatic rings. The minimum Gasteiger partial charge on any atom is -0.0763 e. The Kier molecular flexibility index (Phi) is 2.89. The molecule has 102 valence electrons. The van der Waals surface area contributed by atoms with E-state index in [1.165, 1.54) is 37.9 Å². The maximum atomic E-state index is 2.39. The number of rotatable bonds is 1. The molecule has 3 aromatic carbocycles. The first-order chi connectivity index (χ1) is 10.3. The molecular formula is C21H18. The second-order valence-electron chi connectivity index (χ2n) is 5.77. The van der Waals surface area contributed by atoms with Crippen LogP contribution in [0.5, 0.6) is 0 Å². The monoisotopic (exact) mass is 270 g/mol. The molecule has 0 spiro atoms. The molecule has 0 bridgehead atoms. The van der Waals surface area contributed by atoms with Crippen molar-refractivity contribution in [3.8, 4) is 11.1 Å². The van der Waals surface area contributed by atoms with Gasteiger partial charge in [-0.1, -0.05) is 66.7 Å². The van der Waals surface area contributed by atoms with E-state index in [0.717, 1.165) is 12.8 Å². The first-order valence-electron chi connectivity index (χ1n) is 7.63.